The molecule has 3 aromatic rings. The van der Waals surface area contributed by atoms with Gasteiger partial charge in [-0.1, -0.05) is 17.7 Å². The maximum Gasteiger partial charge on any atom is 0.251 e. The van der Waals surface area contributed by atoms with Crippen molar-refractivity contribution in [3.05, 3.63) is 70.5 Å². The molecule has 1 fully saturated rings. The van der Waals surface area contributed by atoms with E-state index < -0.39 is 12.3 Å². The van der Waals surface area contributed by atoms with Crippen molar-refractivity contribution in [3.8, 4) is 5.75 Å². The lowest BCUT2D eigenvalue weighted by Gasteiger charge is -2.31. The van der Waals surface area contributed by atoms with Gasteiger partial charge in [0.2, 0.25) is 0 Å². The number of alkyl halides is 1. The van der Waals surface area contributed by atoms with Crippen LogP contribution in [0.1, 0.15) is 46.5 Å². The predicted molar refractivity (Wildman–Crippen MR) is 140 cm³/mol. The molecule has 1 saturated carbocycles. The van der Waals surface area contributed by atoms with E-state index in [9.17, 15) is 14.3 Å². The second kappa shape index (κ2) is 12.1. The third kappa shape index (κ3) is 6.61. The minimum absolute atomic E-state index is 0.0283. The molecular formula is C27H31ClFN5O4. The van der Waals surface area contributed by atoms with Crippen LogP contribution in [0.5, 0.6) is 5.75 Å². The van der Waals surface area contributed by atoms with Crippen molar-refractivity contribution in [2.45, 2.75) is 57.2 Å². The fourth-order valence-electron chi connectivity index (χ4n) is 4.97. The highest BCUT2D eigenvalue weighted by Crippen LogP contribution is 2.34. The zero-order valence-corrected chi connectivity index (χ0v) is 21.7. The van der Waals surface area contributed by atoms with Gasteiger partial charge in [-0.3, -0.25) is 9.69 Å². The number of fused-ring (bicyclic) bond motifs is 1. The first-order chi connectivity index (χ1) is 18.4. The minimum atomic E-state index is -0.784. The second-order valence-corrected chi connectivity index (χ2v) is 10.2. The van der Waals surface area contributed by atoms with Crippen molar-refractivity contribution in [2.75, 3.05) is 25.0 Å². The molecule has 3 heterocycles. The number of halogens is 2. The lowest BCUT2D eigenvalue weighted by molar-refractivity contribution is 0.0841. The van der Waals surface area contributed by atoms with Gasteiger partial charge >= 0.3 is 0 Å². The monoisotopic (exact) mass is 543 g/mol. The molecule has 2 aliphatic rings. The van der Waals surface area contributed by atoms with Crippen LogP contribution < -0.4 is 15.4 Å². The number of ether oxygens (including phenoxy) is 1. The molecule has 3 atom stereocenters. The van der Waals surface area contributed by atoms with Crippen molar-refractivity contribution in [1.82, 2.24) is 20.2 Å². The van der Waals surface area contributed by atoms with E-state index in [2.05, 4.69) is 25.5 Å². The van der Waals surface area contributed by atoms with Crippen molar-refractivity contribution >= 4 is 23.3 Å². The summed E-state index contributed by atoms with van der Waals surface area (Å²) in [4.78, 5) is 22.9. The second-order valence-electron chi connectivity index (χ2n) is 9.80. The van der Waals surface area contributed by atoms with Crippen molar-refractivity contribution in [3.63, 3.8) is 0 Å². The Morgan fingerprint density at radius 1 is 1.34 bits per heavy atom. The predicted octanol–water partition coefficient (Wildman–Crippen LogP) is 3.75. The molecule has 0 spiro atoms. The van der Waals surface area contributed by atoms with E-state index in [4.69, 9.17) is 20.8 Å². The molecule has 3 N–H and O–H groups in total. The number of oxazole rings is 1. The molecule has 1 amide bonds. The van der Waals surface area contributed by atoms with Gasteiger partial charge < -0.3 is 24.9 Å². The highest BCUT2D eigenvalue weighted by molar-refractivity contribution is 6.33. The number of amides is 1. The number of β-amino-alcohol motifs (C(OH)–C–C–N with tert-alkyl or cyclic N) is 1. The van der Waals surface area contributed by atoms with Crippen LogP contribution in [-0.2, 0) is 19.6 Å². The topological polar surface area (TPSA) is 113 Å². The SMILES string of the molecule is O=C(NC[C@H](O)CN1CCc2c(ccc(OCc3cnco3)c2Cl)C1)c1ccnc(NC2CCC(F)C2)c1. The van der Waals surface area contributed by atoms with Crippen LogP contribution in [0.15, 0.2) is 47.5 Å². The number of pyridine rings is 1. The lowest BCUT2D eigenvalue weighted by Crippen LogP contribution is -2.42. The summed E-state index contributed by atoms with van der Waals surface area (Å²) in [6.07, 6.45) is 5.46. The quantitative estimate of drug-likeness (QED) is 0.354. The summed E-state index contributed by atoms with van der Waals surface area (Å²) in [5, 5.41) is 17.2. The highest BCUT2D eigenvalue weighted by Gasteiger charge is 2.25. The average molecular weight is 544 g/mol. The highest BCUT2D eigenvalue weighted by atomic mass is 35.5. The van der Waals surface area contributed by atoms with E-state index >= 15 is 0 Å². The maximum absolute atomic E-state index is 13.4. The Labute approximate surface area is 225 Å². The molecule has 9 nitrogen and oxygen atoms in total. The fraction of sp³-hybridized carbons (Fsp3) is 0.444. The van der Waals surface area contributed by atoms with Crippen LogP contribution >= 0.6 is 11.6 Å². The number of carbonyl (C=O) groups is 1. The van der Waals surface area contributed by atoms with Crippen LogP contribution in [0, 0.1) is 0 Å². The Bertz CT molecular complexity index is 1240. The van der Waals surface area contributed by atoms with Gasteiger partial charge in [-0.25, -0.2) is 14.4 Å². The number of carbonyl (C=O) groups excluding carboxylic acids is 1. The van der Waals surface area contributed by atoms with Crippen molar-refractivity contribution in [2.24, 2.45) is 0 Å². The molecule has 2 aromatic heterocycles. The van der Waals surface area contributed by atoms with Crippen LogP contribution in [0.25, 0.3) is 0 Å². The van der Waals surface area contributed by atoms with Gasteiger partial charge in [0.25, 0.3) is 5.91 Å². The van der Waals surface area contributed by atoms with Crippen LogP contribution in [0.3, 0.4) is 0 Å². The average Bonchev–Trinajstić information content (AvgIpc) is 3.58. The number of aromatic nitrogens is 2. The summed E-state index contributed by atoms with van der Waals surface area (Å²) in [7, 11) is 0. The maximum atomic E-state index is 13.4. The fourth-order valence-corrected chi connectivity index (χ4v) is 5.30. The number of hydrogen-bond acceptors (Lipinski definition) is 8. The molecule has 202 valence electrons. The molecule has 11 heteroatoms. The molecule has 1 aliphatic heterocycles. The van der Waals surface area contributed by atoms with Crippen molar-refractivity contribution in [1.29, 1.82) is 0 Å². The number of anilines is 1. The van der Waals surface area contributed by atoms with Crippen LogP contribution in [-0.4, -0.2) is 63.8 Å². The number of rotatable bonds is 10. The third-order valence-corrected chi connectivity index (χ3v) is 7.35. The Kier molecular flexibility index (Phi) is 8.41. The number of hydrogen-bond donors (Lipinski definition) is 3. The molecule has 0 radical (unpaired) electrons. The van der Waals surface area contributed by atoms with E-state index in [0.29, 0.717) is 53.8 Å². The summed E-state index contributed by atoms with van der Waals surface area (Å²) in [5.74, 6) is 1.47. The van der Waals surface area contributed by atoms with E-state index in [1.54, 1.807) is 24.5 Å². The molecule has 38 heavy (non-hydrogen) atoms. The number of nitrogens with one attached hydrogen (secondary N) is 2. The van der Waals surface area contributed by atoms with Crippen molar-refractivity contribution < 1.29 is 23.4 Å². The number of aliphatic hydroxyl groups excluding tert-OH is 1. The summed E-state index contributed by atoms with van der Waals surface area (Å²) in [6, 6.07) is 7.14. The summed E-state index contributed by atoms with van der Waals surface area (Å²) < 4.78 is 24.4. The zero-order valence-electron chi connectivity index (χ0n) is 20.9. The summed E-state index contributed by atoms with van der Waals surface area (Å²) >= 11 is 6.62. The van der Waals surface area contributed by atoms with Gasteiger partial charge in [0.05, 0.1) is 17.3 Å². The molecule has 0 saturated heterocycles. The molecule has 2 unspecified atom stereocenters. The smallest absolute Gasteiger partial charge is 0.251 e. The van der Waals surface area contributed by atoms with Gasteiger partial charge in [-0.2, -0.15) is 0 Å². The van der Waals surface area contributed by atoms with Gasteiger partial charge in [0, 0.05) is 44.0 Å². The third-order valence-electron chi connectivity index (χ3n) is 6.94. The van der Waals surface area contributed by atoms with E-state index in [-0.39, 0.29) is 25.1 Å². The van der Waals surface area contributed by atoms with Gasteiger partial charge in [0.1, 0.15) is 24.3 Å². The standard InChI is InChI=1S/C27H31ClFN5O4/c28-26-23-6-8-34(13-18(23)1-4-24(26)37-15-22-12-30-16-38-22)14-21(35)11-32-27(36)17-5-7-31-25(9-17)33-20-3-2-19(29)10-20/h1,4-5,7,9,12,16,19-21,35H,2-3,6,8,10-11,13-15H2,(H,31,33)(H,32,36)/t19?,20?,21-/m0/s1. The normalized spacial score (nSPS) is 20.1. The number of nitrogens with zero attached hydrogens (tertiary/aromatic N) is 3. The Balaban J connectivity index is 1.09. The molecule has 5 rings (SSSR count). The first-order valence-electron chi connectivity index (χ1n) is 12.8. The molecular weight excluding hydrogens is 513 g/mol. The Morgan fingerprint density at radius 2 is 2.24 bits per heavy atom. The lowest BCUT2D eigenvalue weighted by atomic mass is 9.99. The molecule has 1 aliphatic carbocycles. The van der Waals surface area contributed by atoms with Crippen LogP contribution in [0.2, 0.25) is 5.02 Å². The summed E-state index contributed by atoms with van der Waals surface area (Å²) in [6.45, 7) is 2.15. The Morgan fingerprint density at radius 3 is 3.03 bits per heavy atom. The largest absolute Gasteiger partial charge is 0.484 e. The van der Waals surface area contributed by atoms with E-state index in [1.165, 1.54) is 6.39 Å². The molecule has 1 aromatic carbocycles. The van der Waals surface area contributed by atoms with Crippen LogP contribution in [0.4, 0.5) is 10.2 Å². The minimum Gasteiger partial charge on any atom is -0.484 e. The first kappa shape index (κ1) is 26.4. The first-order valence-corrected chi connectivity index (χ1v) is 13.2. The van der Waals surface area contributed by atoms with Gasteiger partial charge in [-0.15, -0.1) is 0 Å². The number of aliphatic hydroxyl groups is 1. The number of benzene rings is 1. The van der Waals surface area contributed by atoms with Gasteiger partial charge in [-0.05, 0) is 55.0 Å². The zero-order chi connectivity index (χ0) is 26.5. The van der Waals surface area contributed by atoms with E-state index in [0.717, 1.165) is 30.5 Å². The van der Waals surface area contributed by atoms with E-state index in [1.807, 2.05) is 12.1 Å². The van der Waals surface area contributed by atoms with Gasteiger partial charge in [0.15, 0.2) is 12.2 Å². The summed E-state index contributed by atoms with van der Waals surface area (Å²) in [5.41, 5.74) is 2.57. The Hall–Kier alpha value is -3.21. The molecule has 0 bridgehead atoms.